The molecule has 0 aromatic heterocycles. The fraction of sp³-hybridized carbons (Fsp3) is 1.00. The van der Waals surface area contributed by atoms with E-state index in [9.17, 15) is 0 Å². The van der Waals surface area contributed by atoms with Gasteiger partial charge in [0.05, 0.1) is 39.6 Å². The molecule has 0 aromatic rings. The molecule has 0 amide bonds. The maximum Gasteiger partial charge on any atom is 0.0566 e. The highest BCUT2D eigenvalue weighted by atomic mass is 16.5. The molecule has 2 heterocycles. The van der Waals surface area contributed by atoms with Crippen molar-refractivity contribution in [2.75, 3.05) is 53.4 Å². The Morgan fingerprint density at radius 2 is 1.32 bits per heavy atom. The lowest BCUT2D eigenvalue weighted by Crippen LogP contribution is -2.45. The number of rotatable bonds is 7. The third kappa shape index (κ3) is 4.71. The van der Waals surface area contributed by atoms with Crippen molar-refractivity contribution in [3.63, 3.8) is 0 Å². The van der Waals surface area contributed by atoms with E-state index in [2.05, 4.69) is 13.8 Å². The molecule has 0 N–H and O–H groups in total. The molecule has 0 saturated carbocycles. The van der Waals surface area contributed by atoms with Crippen LogP contribution in [0.4, 0.5) is 0 Å². The van der Waals surface area contributed by atoms with E-state index in [1.54, 1.807) is 7.11 Å². The normalized spacial score (nSPS) is 22.7. The number of ether oxygens (including phenoxy) is 4. The maximum atomic E-state index is 5.35. The van der Waals surface area contributed by atoms with Gasteiger partial charge in [-0.3, -0.25) is 0 Å². The van der Waals surface area contributed by atoms with Crippen molar-refractivity contribution in [1.29, 1.82) is 0 Å². The van der Waals surface area contributed by atoms with Crippen LogP contribution in [0.5, 0.6) is 0 Å². The first-order valence-corrected chi connectivity index (χ1v) is 7.38. The highest BCUT2D eigenvalue weighted by molar-refractivity contribution is 4.84. The van der Waals surface area contributed by atoms with E-state index in [1.165, 1.54) is 12.8 Å². The van der Waals surface area contributed by atoms with Crippen LogP contribution >= 0.6 is 0 Å². The van der Waals surface area contributed by atoms with Crippen LogP contribution in [-0.4, -0.2) is 53.4 Å². The quantitative estimate of drug-likeness (QED) is 0.715. The van der Waals surface area contributed by atoms with E-state index in [4.69, 9.17) is 18.9 Å². The third-order valence-electron chi connectivity index (χ3n) is 4.20. The first-order chi connectivity index (χ1) is 9.16. The summed E-state index contributed by atoms with van der Waals surface area (Å²) in [4.78, 5) is 0. The fourth-order valence-electron chi connectivity index (χ4n) is 2.19. The molecule has 4 heteroatoms. The molecule has 2 fully saturated rings. The van der Waals surface area contributed by atoms with Crippen LogP contribution in [0, 0.1) is 10.8 Å². The van der Waals surface area contributed by atoms with Crippen molar-refractivity contribution in [2.45, 2.75) is 33.6 Å². The summed E-state index contributed by atoms with van der Waals surface area (Å²) in [6.07, 6.45) is 2.34. The third-order valence-corrected chi connectivity index (χ3v) is 4.20. The minimum Gasteiger partial charge on any atom is -0.384 e. The molecule has 2 rings (SSSR count). The molecule has 0 spiro atoms. The second-order valence-electron chi connectivity index (χ2n) is 5.76. The van der Waals surface area contributed by atoms with Gasteiger partial charge in [0, 0.05) is 24.5 Å². The van der Waals surface area contributed by atoms with E-state index < -0.39 is 0 Å². The second kappa shape index (κ2) is 8.20. The molecule has 2 saturated heterocycles. The lowest BCUT2D eigenvalue weighted by molar-refractivity contribution is -0.149. The summed E-state index contributed by atoms with van der Waals surface area (Å²) in [6.45, 7) is 12.5. The lowest BCUT2D eigenvalue weighted by atomic mass is 9.84. The molecular weight excluding hydrogens is 244 g/mol. The van der Waals surface area contributed by atoms with Gasteiger partial charge in [0.1, 0.15) is 0 Å². The Labute approximate surface area is 117 Å². The summed E-state index contributed by atoms with van der Waals surface area (Å²) in [5, 5.41) is 0. The van der Waals surface area contributed by atoms with Crippen molar-refractivity contribution in [3.8, 4) is 0 Å². The number of methoxy groups -OCH3 is 1. The number of hydrogen-bond donors (Lipinski definition) is 0. The van der Waals surface area contributed by atoms with Crippen molar-refractivity contribution in [1.82, 2.24) is 0 Å². The molecule has 0 unspecified atom stereocenters. The van der Waals surface area contributed by atoms with Crippen molar-refractivity contribution in [2.24, 2.45) is 10.8 Å². The van der Waals surface area contributed by atoms with Gasteiger partial charge in [-0.1, -0.05) is 13.8 Å². The van der Waals surface area contributed by atoms with Crippen molar-refractivity contribution >= 4 is 0 Å². The zero-order chi connectivity index (χ0) is 14.2. The minimum absolute atomic E-state index is 0.370. The highest BCUT2D eigenvalue weighted by Crippen LogP contribution is 2.31. The first-order valence-electron chi connectivity index (χ1n) is 7.38. The summed E-state index contributed by atoms with van der Waals surface area (Å²) >= 11 is 0. The summed E-state index contributed by atoms with van der Waals surface area (Å²) in [5.74, 6) is 0. The summed E-state index contributed by atoms with van der Waals surface area (Å²) in [5.41, 5.74) is 0.741. The summed E-state index contributed by atoms with van der Waals surface area (Å²) < 4.78 is 20.7. The molecule has 114 valence electrons. The highest BCUT2D eigenvalue weighted by Gasteiger charge is 2.37. The van der Waals surface area contributed by atoms with Crippen LogP contribution in [0.3, 0.4) is 0 Å². The Kier molecular flexibility index (Phi) is 7.29. The van der Waals surface area contributed by atoms with Crippen LogP contribution in [0.1, 0.15) is 33.6 Å². The molecule has 0 radical (unpaired) electrons. The molecule has 2 aliphatic rings. The molecule has 4 nitrogen and oxygen atoms in total. The Morgan fingerprint density at radius 3 is 1.53 bits per heavy atom. The number of hydrogen-bond acceptors (Lipinski definition) is 4. The Hall–Kier alpha value is -0.160. The predicted molar refractivity (Wildman–Crippen MR) is 75.5 cm³/mol. The Morgan fingerprint density at radius 1 is 0.842 bits per heavy atom. The predicted octanol–water partition coefficient (Wildman–Crippen LogP) is 2.51. The standard InChI is InChI=1S/C8H16O2.C7H14O2/c1-3-8(5-9-4-2)6-10-7-8;1-3-7(4-8-2)5-9-6-7/h3-7H2,1-2H3;3-6H2,1-2H3. The monoisotopic (exact) mass is 274 g/mol. The van der Waals surface area contributed by atoms with Gasteiger partial charge in [-0.15, -0.1) is 0 Å². The maximum absolute atomic E-state index is 5.35. The molecule has 2 aliphatic heterocycles. The fourth-order valence-corrected chi connectivity index (χ4v) is 2.19. The van der Waals surface area contributed by atoms with Gasteiger partial charge in [0.2, 0.25) is 0 Å². The van der Waals surface area contributed by atoms with E-state index in [-0.39, 0.29) is 0 Å². The minimum atomic E-state index is 0.370. The van der Waals surface area contributed by atoms with Gasteiger partial charge < -0.3 is 18.9 Å². The average molecular weight is 274 g/mol. The average Bonchev–Trinajstić information content (AvgIpc) is 2.34. The SMILES string of the molecule is CCC1(COC)COC1.CCOCC1(CC)COC1. The zero-order valence-corrected chi connectivity index (χ0v) is 13.0. The first kappa shape index (κ1) is 16.9. The molecule has 0 aromatic carbocycles. The van der Waals surface area contributed by atoms with E-state index in [0.29, 0.717) is 10.8 Å². The van der Waals surface area contributed by atoms with Gasteiger partial charge in [-0.25, -0.2) is 0 Å². The smallest absolute Gasteiger partial charge is 0.0566 e. The van der Waals surface area contributed by atoms with Crippen molar-refractivity contribution < 1.29 is 18.9 Å². The van der Waals surface area contributed by atoms with Crippen LogP contribution < -0.4 is 0 Å². The van der Waals surface area contributed by atoms with Crippen LogP contribution in [0.2, 0.25) is 0 Å². The second-order valence-corrected chi connectivity index (χ2v) is 5.76. The van der Waals surface area contributed by atoms with E-state index in [0.717, 1.165) is 46.2 Å². The molecule has 0 aliphatic carbocycles. The van der Waals surface area contributed by atoms with Gasteiger partial charge in [-0.2, -0.15) is 0 Å². The molecular formula is C15H30O4. The van der Waals surface area contributed by atoms with Gasteiger partial charge in [0.25, 0.3) is 0 Å². The summed E-state index contributed by atoms with van der Waals surface area (Å²) in [6, 6.07) is 0. The lowest BCUT2D eigenvalue weighted by Gasteiger charge is -2.40. The van der Waals surface area contributed by atoms with Gasteiger partial charge >= 0.3 is 0 Å². The van der Waals surface area contributed by atoms with E-state index in [1.807, 2.05) is 6.92 Å². The van der Waals surface area contributed by atoms with Gasteiger partial charge in [0.15, 0.2) is 0 Å². The largest absolute Gasteiger partial charge is 0.384 e. The zero-order valence-electron chi connectivity index (χ0n) is 13.0. The van der Waals surface area contributed by atoms with Crippen molar-refractivity contribution in [3.05, 3.63) is 0 Å². The van der Waals surface area contributed by atoms with Crippen LogP contribution in [-0.2, 0) is 18.9 Å². The topological polar surface area (TPSA) is 36.9 Å². The Bertz CT molecular complexity index is 223. The van der Waals surface area contributed by atoms with Gasteiger partial charge in [-0.05, 0) is 19.8 Å². The van der Waals surface area contributed by atoms with E-state index >= 15 is 0 Å². The molecule has 0 atom stereocenters. The Balaban J connectivity index is 0.000000191. The molecule has 0 bridgehead atoms. The van der Waals surface area contributed by atoms with Crippen LogP contribution in [0.15, 0.2) is 0 Å². The molecule has 19 heavy (non-hydrogen) atoms. The summed E-state index contributed by atoms with van der Waals surface area (Å²) in [7, 11) is 1.75. The van der Waals surface area contributed by atoms with Crippen LogP contribution in [0.25, 0.3) is 0 Å².